The van der Waals surface area contributed by atoms with Gasteiger partial charge in [-0.05, 0) is 32.1 Å². The van der Waals surface area contributed by atoms with Crippen molar-refractivity contribution in [3.05, 3.63) is 56.1 Å². The van der Waals surface area contributed by atoms with Crippen LogP contribution in [0.3, 0.4) is 0 Å². The van der Waals surface area contributed by atoms with Gasteiger partial charge < -0.3 is 14.2 Å². The summed E-state index contributed by atoms with van der Waals surface area (Å²) in [7, 11) is 0. The fourth-order valence-electron chi connectivity index (χ4n) is 6.99. The van der Waals surface area contributed by atoms with E-state index in [4.69, 9.17) is 14.2 Å². The van der Waals surface area contributed by atoms with E-state index in [0.717, 1.165) is 24.6 Å². The number of nitrogens with zero attached hydrogens (tertiary/aromatic N) is 2. The number of carbonyl (C=O) groups is 1. The number of rotatable bonds is 4. The van der Waals surface area contributed by atoms with Crippen LogP contribution in [0.15, 0.2) is 30.4 Å². The number of benzene rings is 1. The lowest BCUT2D eigenvalue weighted by atomic mass is 9.41. The lowest BCUT2D eigenvalue weighted by Crippen LogP contribution is -2.68. The van der Waals surface area contributed by atoms with Crippen molar-refractivity contribution in [2.24, 2.45) is 22.2 Å². The molecule has 1 aliphatic heterocycles. The molecule has 1 heterocycles. The minimum absolute atomic E-state index is 0.0774. The molecule has 0 unspecified atom stereocenters. The second-order valence-corrected chi connectivity index (χ2v) is 11.1. The van der Waals surface area contributed by atoms with E-state index in [1.165, 1.54) is 0 Å². The van der Waals surface area contributed by atoms with Gasteiger partial charge >= 0.3 is 5.97 Å². The molecule has 34 heavy (non-hydrogen) atoms. The molecular formula is C24H28N2O8. The van der Waals surface area contributed by atoms with Gasteiger partial charge in [0, 0.05) is 28.9 Å². The summed E-state index contributed by atoms with van der Waals surface area (Å²) < 4.78 is 18.7. The van der Waals surface area contributed by atoms with Crippen molar-refractivity contribution < 1.29 is 28.9 Å². The first kappa shape index (κ1) is 22.9. The first-order valence-corrected chi connectivity index (χ1v) is 11.4. The Morgan fingerprint density at radius 2 is 1.56 bits per heavy atom. The second kappa shape index (κ2) is 6.85. The fourth-order valence-corrected chi connectivity index (χ4v) is 6.99. The largest absolute Gasteiger partial charge is 0.458 e. The highest BCUT2D eigenvalue weighted by molar-refractivity contribution is 5.91. The quantitative estimate of drug-likeness (QED) is 0.270. The molecule has 182 valence electrons. The third-order valence-corrected chi connectivity index (χ3v) is 8.75. The number of non-ortho nitro benzene ring substituents is 2. The molecule has 1 spiro atoms. The van der Waals surface area contributed by atoms with Crippen LogP contribution in [0.5, 0.6) is 0 Å². The fraction of sp³-hybridized carbons (Fsp3) is 0.625. The van der Waals surface area contributed by atoms with Crippen LogP contribution in [0, 0.1) is 42.4 Å². The molecule has 1 aromatic carbocycles. The average Bonchev–Trinajstić information content (AvgIpc) is 3.29. The minimum Gasteiger partial charge on any atom is -0.458 e. The zero-order chi connectivity index (χ0) is 24.8. The molecule has 5 aliphatic rings. The number of hydrogen-bond donors (Lipinski definition) is 0. The molecule has 4 aliphatic carbocycles. The Balaban J connectivity index is 1.50. The summed E-state index contributed by atoms with van der Waals surface area (Å²) >= 11 is 0. The zero-order valence-electron chi connectivity index (χ0n) is 19.8. The molecule has 2 saturated carbocycles. The number of nitro benzene ring substituents is 2. The Morgan fingerprint density at radius 1 is 0.971 bits per heavy atom. The van der Waals surface area contributed by atoms with E-state index in [-0.39, 0.29) is 39.9 Å². The summed E-state index contributed by atoms with van der Waals surface area (Å²) in [6.07, 6.45) is 4.97. The van der Waals surface area contributed by atoms with Crippen molar-refractivity contribution in [2.75, 3.05) is 0 Å². The van der Waals surface area contributed by atoms with Crippen molar-refractivity contribution in [2.45, 2.75) is 71.6 Å². The van der Waals surface area contributed by atoms with E-state index in [2.05, 4.69) is 32.9 Å². The summed E-state index contributed by atoms with van der Waals surface area (Å²) in [4.78, 5) is 34.1. The van der Waals surface area contributed by atoms with Gasteiger partial charge in [0.15, 0.2) is 5.79 Å². The van der Waals surface area contributed by atoms with Gasteiger partial charge in [-0.3, -0.25) is 20.2 Å². The molecule has 1 aromatic rings. The molecule has 0 N–H and O–H groups in total. The predicted molar refractivity (Wildman–Crippen MR) is 119 cm³/mol. The summed E-state index contributed by atoms with van der Waals surface area (Å²) in [6.45, 7) is 10.3. The predicted octanol–water partition coefficient (Wildman–Crippen LogP) is 4.56. The van der Waals surface area contributed by atoms with Gasteiger partial charge in [0.1, 0.15) is 6.10 Å². The topological polar surface area (TPSA) is 131 Å². The highest BCUT2D eigenvalue weighted by atomic mass is 16.8. The van der Waals surface area contributed by atoms with Crippen LogP contribution >= 0.6 is 0 Å². The lowest BCUT2D eigenvalue weighted by Gasteiger charge is -2.65. The highest BCUT2D eigenvalue weighted by Crippen LogP contribution is 2.73. The molecule has 10 nitrogen and oxygen atoms in total. The van der Waals surface area contributed by atoms with Gasteiger partial charge in [0.2, 0.25) is 0 Å². The van der Waals surface area contributed by atoms with E-state index in [1.54, 1.807) is 0 Å². The molecule has 0 radical (unpaired) electrons. The van der Waals surface area contributed by atoms with Crippen LogP contribution in [0.25, 0.3) is 0 Å². The number of esters is 1. The van der Waals surface area contributed by atoms with Gasteiger partial charge in [-0.1, -0.05) is 32.9 Å². The van der Waals surface area contributed by atoms with Crippen molar-refractivity contribution in [3.63, 3.8) is 0 Å². The van der Waals surface area contributed by atoms with E-state index < -0.39 is 39.1 Å². The molecule has 3 fully saturated rings. The van der Waals surface area contributed by atoms with Crippen LogP contribution in [-0.4, -0.2) is 39.9 Å². The molecule has 2 bridgehead atoms. The standard InChI is InChI=1S/C24H28N2O8/c1-21(2)17-16(32-20(27)13-10-14(25(28)29)12-15(11-13)26(30)31)6-7-24(17)9-8-23(21,5)18-19(24)34-22(3,4)33-18/h8-12,16-19H,6-7H2,1-5H3/t16-,17-,18-,19+,23-,24-/m1/s1. The van der Waals surface area contributed by atoms with Gasteiger partial charge in [-0.25, -0.2) is 4.79 Å². The van der Waals surface area contributed by atoms with E-state index in [9.17, 15) is 25.0 Å². The zero-order valence-corrected chi connectivity index (χ0v) is 19.8. The normalized spacial score (nSPS) is 38.3. The maximum absolute atomic E-state index is 13.1. The number of nitro groups is 2. The van der Waals surface area contributed by atoms with Crippen molar-refractivity contribution in [1.82, 2.24) is 0 Å². The van der Waals surface area contributed by atoms with Crippen molar-refractivity contribution in [1.29, 1.82) is 0 Å². The SMILES string of the molecule is CC1(C)O[C@@H]2[C@H](O1)[C@]13C=C[C@@]2(C)C(C)(C)[C@H]1[C@H](OC(=O)c1cc([N+](=O)[O-])cc([N+](=O)[O-])c1)CC3. The highest BCUT2D eigenvalue weighted by Gasteiger charge is 2.75. The Labute approximate surface area is 196 Å². The van der Waals surface area contributed by atoms with E-state index in [0.29, 0.717) is 6.42 Å². The minimum atomic E-state index is -0.805. The smallest absolute Gasteiger partial charge is 0.338 e. The van der Waals surface area contributed by atoms with E-state index in [1.807, 2.05) is 13.8 Å². The van der Waals surface area contributed by atoms with Crippen molar-refractivity contribution in [3.8, 4) is 0 Å². The monoisotopic (exact) mass is 472 g/mol. The molecule has 0 aromatic heterocycles. The Bertz CT molecular complexity index is 1110. The molecule has 6 rings (SSSR count). The molecular weight excluding hydrogens is 444 g/mol. The van der Waals surface area contributed by atoms with Crippen LogP contribution in [0.4, 0.5) is 11.4 Å². The van der Waals surface area contributed by atoms with Crippen LogP contribution in [0.2, 0.25) is 0 Å². The first-order valence-electron chi connectivity index (χ1n) is 11.4. The lowest BCUT2D eigenvalue weighted by molar-refractivity contribution is -0.394. The summed E-state index contributed by atoms with van der Waals surface area (Å²) in [6, 6.07) is 2.87. The second-order valence-electron chi connectivity index (χ2n) is 11.1. The Morgan fingerprint density at radius 3 is 2.15 bits per heavy atom. The maximum atomic E-state index is 13.1. The van der Waals surface area contributed by atoms with E-state index >= 15 is 0 Å². The van der Waals surface area contributed by atoms with Gasteiger partial charge in [0.05, 0.1) is 33.7 Å². The number of carbonyl (C=O) groups excluding carboxylic acids is 1. The maximum Gasteiger partial charge on any atom is 0.338 e. The summed E-state index contributed by atoms with van der Waals surface area (Å²) in [5.74, 6) is -1.61. The first-order chi connectivity index (χ1) is 15.7. The van der Waals surface area contributed by atoms with Crippen LogP contribution < -0.4 is 0 Å². The molecule has 10 heteroatoms. The molecule has 6 atom stereocenters. The summed E-state index contributed by atoms with van der Waals surface area (Å²) in [5, 5.41) is 22.5. The third-order valence-electron chi connectivity index (χ3n) is 8.75. The van der Waals surface area contributed by atoms with Crippen LogP contribution in [0.1, 0.15) is 57.8 Å². The summed E-state index contributed by atoms with van der Waals surface area (Å²) in [5.41, 5.74) is -2.32. The van der Waals surface area contributed by atoms with Gasteiger partial charge in [-0.2, -0.15) is 0 Å². The Kier molecular flexibility index (Phi) is 4.62. The average molecular weight is 472 g/mol. The molecule has 1 saturated heterocycles. The third kappa shape index (κ3) is 2.91. The van der Waals surface area contributed by atoms with Gasteiger partial charge in [-0.15, -0.1) is 0 Å². The van der Waals surface area contributed by atoms with Crippen molar-refractivity contribution >= 4 is 17.3 Å². The number of ether oxygens (including phenoxy) is 3. The Hall–Kier alpha value is -2.85. The molecule has 0 amide bonds. The van der Waals surface area contributed by atoms with Crippen LogP contribution in [-0.2, 0) is 14.2 Å². The number of hydrogen-bond acceptors (Lipinski definition) is 8. The van der Waals surface area contributed by atoms with Gasteiger partial charge in [0.25, 0.3) is 11.4 Å².